The molecule has 0 heterocycles. The van der Waals surface area contributed by atoms with Gasteiger partial charge in [-0.1, -0.05) is 33.8 Å². The molecule has 0 spiro atoms. The van der Waals surface area contributed by atoms with Crippen molar-refractivity contribution in [1.29, 1.82) is 0 Å². The molecule has 0 aliphatic carbocycles. The Morgan fingerprint density at radius 1 is 1.54 bits per heavy atom. The van der Waals surface area contributed by atoms with Crippen LogP contribution in [0.5, 0.6) is 0 Å². The molecule has 13 heavy (non-hydrogen) atoms. The van der Waals surface area contributed by atoms with Crippen molar-refractivity contribution in [2.45, 2.75) is 0 Å². The van der Waals surface area contributed by atoms with E-state index in [9.17, 15) is 4.79 Å². The van der Waals surface area contributed by atoms with E-state index in [1.165, 1.54) is 0 Å². The summed E-state index contributed by atoms with van der Waals surface area (Å²) in [6.07, 6.45) is 0. The van der Waals surface area contributed by atoms with E-state index in [-0.39, 0.29) is 5.56 Å². The van der Waals surface area contributed by atoms with Crippen LogP contribution >= 0.6 is 15.9 Å². The summed E-state index contributed by atoms with van der Waals surface area (Å²) in [6, 6.07) is 6.56. The fourth-order valence-electron chi connectivity index (χ4n) is 0.865. The van der Waals surface area contributed by atoms with Crippen molar-refractivity contribution < 1.29 is 9.90 Å². The molecular weight excluding hydrogens is 232 g/mol. The summed E-state index contributed by atoms with van der Waals surface area (Å²) < 4.78 is 0. The summed E-state index contributed by atoms with van der Waals surface area (Å²) in [6.45, 7) is 0. The highest BCUT2D eigenvalue weighted by atomic mass is 79.9. The number of carboxylic acid groups (broad SMARTS) is 1. The van der Waals surface area contributed by atoms with Crippen LogP contribution < -0.4 is 0 Å². The molecule has 0 saturated carbocycles. The smallest absolute Gasteiger partial charge is 0.335 e. The first-order chi connectivity index (χ1) is 6.24. The van der Waals surface area contributed by atoms with Crippen LogP contribution in [0.25, 0.3) is 0 Å². The molecule has 0 saturated heterocycles. The average molecular weight is 239 g/mol. The van der Waals surface area contributed by atoms with Crippen LogP contribution in [0.1, 0.15) is 15.9 Å². The Morgan fingerprint density at radius 2 is 2.31 bits per heavy atom. The third-order valence-electron chi connectivity index (χ3n) is 1.41. The van der Waals surface area contributed by atoms with Crippen LogP contribution in [0.4, 0.5) is 0 Å². The van der Waals surface area contributed by atoms with Crippen molar-refractivity contribution in [3.8, 4) is 11.8 Å². The van der Waals surface area contributed by atoms with E-state index in [1.54, 1.807) is 24.3 Å². The van der Waals surface area contributed by atoms with Crippen LogP contribution in [-0.4, -0.2) is 16.4 Å². The van der Waals surface area contributed by atoms with Crippen molar-refractivity contribution in [1.82, 2.24) is 0 Å². The maximum absolute atomic E-state index is 10.6. The lowest BCUT2D eigenvalue weighted by Crippen LogP contribution is -1.95. The highest BCUT2D eigenvalue weighted by Crippen LogP contribution is 2.03. The van der Waals surface area contributed by atoms with E-state index in [0.29, 0.717) is 5.33 Å². The van der Waals surface area contributed by atoms with E-state index < -0.39 is 5.97 Å². The Morgan fingerprint density at radius 3 is 2.92 bits per heavy atom. The van der Waals surface area contributed by atoms with Gasteiger partial charge in [0, 0.05) is 5.56 Å². The molecule has 0 unspecified atom stereocenters. The number of carbonyl (C=O) groups is 1. The first kappa shape index (κ1) is 9.82. The van der Waals surface area contributed by atoms with Gasteiger partial charge in [0.25, 0.3) is 0 Å². The Labute approximate surface area is 84.7 Å². The lowest BCUT2D eigenvalue weighted by Gasteiger charge is -1.93. The van der Waals surface area contributed by atoms with Crippen molar-refractivity contribution in [2.24, 2.45) is 0 Å². The molecule has 66 valence electrons. The minimum absolute atomic E-state index is 0.265. The molecule has 3 heteroatoms. The second-order valence-corrected chi connectivity index (χ2v) is 2.88. The van der Waals surface area contributed by atoms with Gasteiger partial charge in [-0.2, -0.15) is 0 Å². The topological polar surface area (TPSA) is 37.3 Å². The predicted octanol–water partition coefficient (Wildman–Crippen LogP) is 2.13. The molecule has 0 bridgehead atoms. The minimum Gasteiger partial charge on any atom is -0.478 e. The number of benzene rings is 1. The van der Waals surface area contributed by atoms with Gasteiger partial charge in [-0.25, -0.2) is 4.79 Å². The van der Waals surface area contributed by atoms with Gasteiger partial charge in [0.05, 0.1) is 10.9 Å². The number of carboxylic acids is 1. The number of halogens is 1. The third kappa shape index (κ3) is 2.92. The summed E-state index contributed by atoms with van der Waals surface area (Å²) in [5, 5.41) is 9.26. The zero-order chi connectivity index (χ0) is 9.68. The van der Waals surface area contributed by atoms with Gasteiger partial charge < -0.3 is 5.11 Å². The van der Waals surface area contributed by atoms with Crippen molar-refractivity contribution in [3.63, 3.8) is 0 Å². The third-order valence-corrected chi connectivity index (χ3v) is 1.69. The molecule has 0 radical (unpaired) electrons. The highest BCUT2D eigenvalue weighted by molar-refractivity contribution is 9.09. The summed E-state index contributed by atoms with van der Waals surface area (Å²) in [5.74, 6) is 4.71. The van der Waals surface area contributed by atoms with Crippen molar-refractivity contribution in [3.05, 3.63) is 35.4 Å². The summed E-state index contributed by atoms with van der Waals surface area (Å²) in [5.41, 5.74) is 0.987. The number of hydrogen-bond acceptors (Lipinski definition) is 1. The number of alkyl halides is 1. The molecular formula is C10H7BrO2. The van der Waals surface area contributed by atoms with Crippen LogP contribution in [0.15, 0.2) is 24.3 Å². The van der Waals surface area contributed by atoms with E-state index in [2.05, 4.69) is 27.8 Å². The van der Waals surface area contributed by atoms with Gasteiger partial charge in [-0.3, -0.25) is 0 Å². The Balaban J connectivity index is 2.98. The second-order valence-electron chi connectivity index (χ2n) is 2.32. The van der Waals surface area contributed by atoms with E-state index >= 15 is 0 Å². The fraction of sp³-hybridized carbons (Fsp3) is 0.100. The molecule has 0 amide bonds. The van der Waals surface area contributed by atoms with E-state index in [1.807, 2.05) is 0 Å². The SMILES string of the molecule is O=C(O)c1cccc(C#CCBr)c1. The monoisotopic (exact) mass is 238 g/mol. The van der Waals surface area contributed by atoms with Crippen molar-refractivity contribution in [2.75, 3.05) is 5.33 Å². The van der Waals surface area contributed by atoms with Crippen LogP contribution in [0.2, 0.25) is 0 Å². The van der Waals surface area contributed by atoms with E-state index in [4.69, 9.17) is 5.11 Å². The zero-order valence-corrected chi connectivity index (χ0v) is 8.34. The normalized spacial score (nSPS) is 8.69. The van der Waals surface area contributed by atoms with E-state index in [0.717, 1.165) is 5.56 Å². The Kier molecular flexibility index (Phi) is 3.53. The molecule has 0 atom stereocenters. The molecule has 0 aromatic heterocycles. The second kappa shape index (κ2) is 4.68. The Bertz CT molecular complexity index is 374. The molecule has 1 N–H and O–H groups in total. The van der Waals surface area contributed by atoms with Gasteiger partial charge >= 0.3 is 5.97 Å². The largest absolute Gasteiger partial charge is 0.478 e. The number of rotatable bonds is 1. The molecule has 0 aliphatic heterocycles. The molecule has 1 aromatic carbocycles. The van der Waals surface area contributed by atoms with Gasteiger partial charge in [-0.05, 0) is 18.2 Å². The predicted molar refractivity (Wildman–Crippen MR) is 54.1 cm³/mol. The minimum atomic E-state index is -0.928. The summed E-state index contributed by atoms with van der Waals surface area (Å²) in [4.78, 5) is 10.6. The molecule has 0 aliphatic rings. The maximum atomic E-state index is 10.6. The lowest BCUT2D eigenvalue weighted by molar-refractivity contribution is 0.0697. The van der Waals surface area contributed by atoms with Crippen LogP contribution in [0.3, 0.4) is 0 Å². The number of aromatic carboxylic acids is 1. The summed E-state index contributed by atoms with van der Waals surface area (Å²) >= 11 is 3.16. The lowest BCUT2D eigenvalue weighted by atomic mass is 10.1. The van der Waals surface area contributed by atoms with Gasteiger partial charge in [0.2, 0.25) is 0 Å². The standard InChI is InChI=1S/C10H7BrO2/c11-6-2-4-8-3-1-5-9(7-8)10(12)13/h1,3,5,7H,6H2,(H,12,13). The fourth-order valence-corrected chi connectivity index (χ4v) is 1.01. The molecule has 2 nitrogen and oxygen atoms in total. The summed E-state index contributed by atoms with van der Waals surface area (Å²) in [7, 11) is 0. The Hall–Kier alpha value is -1.27. The zero-order valence-electron chi connectivity index (χ0n) is 6.75. The number of hydrogen-bond donors (Lipinski definition) is 1. The molecule has 0 fully saturated rings. The molecule has 1 aromatic rings. The van der Waals surface area contributed by atoms with Gasteiger partial charge in [-0.15, -0.1) is 0 Å². The van der Waals surface area contributed by atoms with Crippen molar-refractivity contribution >= 4 is 21.9 Å². The van der Waals surface area contributed by atoms with Crippen LogP contribution in [0, 0.1) is 11.8 Å². The van der Waals surface area contributed by atoms with Crippen LogP contribution in [-0.2, 0) is 0 Å². The first-order valence-electron chi connectivity index (χ1n) is 3.62. The molecule has 1 rings (SSSR count). The van der Waals surface area contributed by atoms with Gasteiger partial charge in [0.1, 0.15) is 0 Å². The first-order valence-corrected chi connectivity index (χ1v) is 4.74. The quantitative estimate of drug-likeness (QED) is 0.602. The average Bonchev–Trinajstić information content (AvgIpc) is 2.15. The highest BCUT2D eigenvalue weighted by Gasteiger charge is 2.00. The van der Waals surface area contributed by atoms with Gasteiger partial charge in [0.15, 0.2) is 0 Å². The maximum Gasteiger partial charge on any atom is 0.335 e.